The highest BCUT2D eigenvalue weighted by Crippen LogP contribution is 2.34. The van der Waals surface area contributed by atoms with E-state index in [1.54, 1.807) is 11.3 Å². The highest BCUT2D eigenvalue weighted by atomic mass is 32.1. The van der Waals surface area contributed by atoms with Crippen LogP contribution in [-0.4, -0.2) is 18.0 Å². The normalized spacial score (nSPS) is 16.8. The number of aromatic nitrogens is 1. The molecule has 7 heteroatoms. The van der Waals surface area contributed by atoms with Crippen molar-refractivity contribution in [2.45, 2.75) is 32.2 Å². The number of nitrogens with one attached hydrogen (secondary N) is 1. The first-order valence-electron chi connectivity index (χ1n) is 7.30. The predicted octanol–water partition coefficient (Wildman–Crippen LogP) is 3.55. The molecule has 0 spiro atoms. The molecule has 1 N–H and O–H groups in total. The monoisotopic (exact) mass is 338 g/mol. The number of methoxy groups -OCH3 is 1. The van der Waals surface area contributed by atoms with Crippen LogP contribution in [0.25, 0.3) is 0 Å². The van der Waals surface area contributed by atoms with Crippen LogP contribution in [0.2, 0.25) is 0 Å². The number of ether oxygens (including phenoxy) is 1. The number of hydrogen-bond donors (Lipinski definition) is 1. The Balaban J connectivity index is 1.90. The fraction of sp³-hybridized carbons (Fsp3) is 0.375. The van der Waals surface area contributed by atoms with Crippen LogP contribution in [0.3, 0.4) is 0 Å². The SMILES string of the molecule is COc1ccc(F)c(F)c1C(=O)N[C@H]1CCCc2sc(C)nc21. The molecule has 1 aromatic carbocycles. The van der Waals surface area contributed by atoms with Crippen LogP contribution in [0, 0.1) is 18.6 Å². The molecule has 2 aromatic rings. The number of nitrogens with zero attached hydrogens (tertiary/aromatic N) is 1. The molecule has 1 aliphatic carbocycles. The van der Waals surface area contributed by atoms with E-state index in [1.165, 1.54) is 13.2 Å². The minimum atomic E-state index is -1.20. The Bertz CT molecular complexity index is 761. The van der Waals surface area contributed by atoms with Crippen molar-refractivity contribution in [3.8, 4) is 5.75 Å². The van der Waals surface area contributed by atoms with E-state index in [9.17, 15) is 13.6 Å². The van der Waals surface area contributed by atoms with Gasteiger partial charge in [-0.2, -0.15) is 0 Å². The number of hydrogen-bond acceptors (Lipinski definition) is 4. The molecule has 1 amide bonds. The zero-order chi connectivity index (χ0) is 16.6. The molecule has 1 atom stereocenters. The van der Waals surface area contributed by atoms with E-state index >= 15 is 0 Å². The summed E-state index contributed by atoms with van der Waals surface area (Å²) in [5.74, 6) is -2.97. The van der Waals surface area contributed by atoms with Gasteiger partial charge in [-0.3, -0.25) is 4.79 Å². The molecule has 1 aliphatic rings. The lowest BCUT2D eigenvalue weighted by atomic mass is 9.97. The maximum atomic E-state index is 14.0. The number of carbonyl (C=O) groups is 1. The molecule has 0 fully saturated rings. The quantitative estimate of drug-likeness (QED) is 0.931. The molecule has 0 aliphatic heterocycles. The number of amides is 1. The van der Waals surface area contributed by atoms with Crippen LogP contribution in [0.15, 0.2) is 12.1 Å². The van der Waals surface area contributed by atoms with Crippen molar-refractivity contribution < 1.29 is 18.3 Å². The third-order valence-corrected chi connectivity index (χ3v) is 4.92. The summed E-state index contributed by atoms with van der Waals surface area (Å²) in [4.78, 5) is 18.1. The summed E-state index contributed by atoms with van der Waals surface area (Å²) in [5, 5.41) is 3.70. The van der Waals surface area contributed by atoms with Gasteiger partial charge in [0.25, 0.3) is 5.91 Å². The molecule has 0 unspecified atom stereocenters. The Labute approximate surface area is 136 Å². The van der Waals surface area contributed by atoms with Crippen LogP contribution < -0.4 is 10.1 Å². The van der Waals surface area contributed by atoms with Crippen molar-refractivity contribution in [2.75, 3.05) is 7.11 Å². The number of thiazole rings is 1. The molecule has 0 radical (unpaired) electrons. The molecular weight excluding hydrogens is 322 g/mol. The summed E-state index contributed by atoms with van der Waals surface area (Å²) in [6.07, 6.45) is 2.58. The molecule has 23 heavy (non-hydrogen) atoms. The molecule has 4 nitrogen and oxygen atoms in total. The maximum absolute atomic E-state index is 14.0. The Morgan fingerprint density at radius 2 is 2.22 bits per heavy atom. The summed E-state index contributed by atoms with van der Waals surface area (Å²) in [6.45, 7) is 1.91. The lowest BCUT2D eigenvalue weighted by molar-refractivity contribution is 0.0923. The van der Waals surface area contributed by atoms with Gasteiger partial charge in [-0.05, 0) is 38.3 Å². The lowest BCUT2D eigenvalue weighted by Gasteiger charge is -2.23. The fourth-order valence-corrected chi connectivity index (χ4v) is 3.87. The third-order valence-electron chi connectivity index (χ3n) is 3.87. The molecule has 1 aromatic heterocycles. The van der Waals surface area contributed by atoms with E-state index in [-0.39, 0.29) is 11.8 Å². The number of halogens is 2. The second-order valence-corrected chi connectivity index (χ2v) is 6.69. The summed E-state index contributed by atoms with van der Waals surface area (Å²) in [7, 11) is 1.31. The highest BCUT2D eigenvalue weighted by Gasteiger charge is 2.28. The Morgan fingerprint density at radius 1 is 1.43 bits per heavy atom. The van der Waals surface area contributed by atoms with Gasteiger partial charge in [-0.15, -0.1) is 11.3 Å². The van der Waals surface area contributed by atoms with E-state index in [4.69, 9.17) is 4.74 Å². The number of aryl methyl sites for hydroxylation is 2. The van der Waals surface area contributed by atoms with Crippen LogP contribution in [-0.2, 0) is 6.42 Å². The van der Waals surface area contributed by atoms with Crippen molar-refractivity contribution in [3.63, 3.8) is 0 Å². The molecule has 3 rings (SSSR count). The second-order valence-electron chi connectivity index (χ2n) is 5.40. The minimum Gasteiger partial charge on any atom is -0.496 e. The van der Waals surface area contributed by atoms with Crippen LogP contribution in [0.5, 0.6) is 5.75 Å². The smallest absolute Gasteiger partial charge is 0.258 e. The summed E-state index contributed by atoms with van der Waals surface area (Å²) < 4.78 is 32.5. The topological polar surface area (TPSA) is 51.2 Å². The third kappa shape index (κ3) is 2.93. The van der Waals surface area contributed by atoms with Crippen molar-refractivity contribution >= 4 is 17.2 Å². The first-order valence-corrected chi connectivity index (χ1v) is 8.12. The van der Waals surface area contributed by atoms with Crippen LogP contribution >= 0.6 is 11.3 Å². The number of rotatable bonds is 3. The zero-order valence-corrected chi connectivity index (χ0v) is 13.6. The van der Waals surface area contributed by atoms with Gasteiger partial charge in [0.1, 0.15) is 11.3 Å². The Hall–Kier alpha value is -2.02. The van der Waals surface area contributed by atoms with E-state index in [2.05, 4.69) is 10.3 Å². The largest absolute Gasteiger partial charge is 0.496 e. The molecule has 0 bridgehead atoms. The molecule has 122 valence electrons. The van der Waals surface area contributed by atoms with Crippen molar-refractivity contribution in [3.05, 3.63) is 44.9 Å². The van der Waals surface area contributed by atoms with Crippen LogP contribution in [0.1, 0.15) is 44.8 Å². The first-order chi connectivity index (χ1) is 11.0. The average molecular weight is 338 g/mol. The Morgan fingerprint density at radius 3 is 2.96 bits per heavy atom. The number of carbonyl (C=O) groups excluding carboxylic acids is 1. The van der Waals surface area contributed by atoms with Crippen molar-refractivity contribution in [1.82, 2.24) is 10.3 Å². The van der Waals surface area contributed by atoms with E-state index in [0.29, 0.717) is 0 Å². The summed E-state index contributed by atoms with van der Waals surface area (Å²) in [5.41, 5.74) is 0.425. The van der Waals surface area contributed by atoms with Gasteiger partial charge in [0.2, 0.25) is 0 Å². The minimum absolute atomic E-state index is 0.00638. The van der Waals surface area contributed by atoms with E-state index in [1.807, 2.05) is 6.92 Å². The molecule has 1 heterocycles. The Kier molecular flexibility index (Phi) is 4.30. The highest BCUT2D eigenvalue weighted by molar-refractivity contribution is 7.11. The van der Waals surface area contributed by atoms with Gasteiger partial charge in [0.05, 0.1) is 23.9 Å². The molecule has 0 saturated heterocycles. The number of benzene rings is 1. The predicted molar refractivity (Wildman–Crippen MR) is 82.9 cm³/mol. The maximum Gasteiger partial charge on any atom is 0.258 e. The van der Waals surface area contributed by atoms with Crippen molar-refractivity contribution in [1.29, 1.82) is 0 Å². The zero-order valence-electron chi connectivity index (χ0n) is 12.8. The van der Waals surface area contributed by atoms with Gasteiger partial charge < -0.3 is 10.1 Å². The van der Waals surface area contributed by atoms with Gasteiger partial charge in [0.15, 0.2) is 11.6 Å². The van der Waals surface area contributed by atoms with E-state index < -0.39 is 23.1 Å². The first kappa shape index (κ1) is 15.9. The molecular formula is C16H16F2N2O2S. The standard InChI is InChI=1S/C16H16F2N2O2S/c1-8-19-15-10(4-3-5-12(15)23-8)20-16(21)13-11(22-2)7-6-9(17)14(13)18/h6-7,10H,3-5H2,1-2H3,(H,20,21)/t10-/m0/s1. The lowest BCUT2D eigenvalue weighted by Crippen LogP contribution is -2.32. The van der Waals surface area contributed by atoms with Crippen molar-refractivity contribution in [2.24, 2.45) is 0 Å². The fourth-order valence-electron chi connectivity index (χ4n) is 2.83. The second kappa shape index (κ2) is 6.23. The van der Waals surface area contributed by atoms with Gasteiger partial charge in [-0.25, -0.2) is 13.8 Å². The summed E-state index contributed by atoms with van der Waals surface area (Å²) >= 11 is 1.61. The number of fused-ring (bicyclic) bond motifs is 1. The van der Waals surface area contributed by atoms with Gasteiger partial charge in [-0.1, -0.05) is 0 Å². The summed E-state index contributed by atoms with van der Waals surface area (Å²) in [6, 6.07) is 1.89. The van der Waals surface area contributed by atoms with Gasteiger partial charge >= 0.3 is 0 Å². The molecule has 0 saturated carbocycles. The van der Waals surface area contributed by atoms with E-state index in [0.717, 1.165) is 40.9 Å². The average Bonchev–Trinajstić information content (AvgIpc) is 2.91. The van der Waals surface area contributed by atoms with Crippen LogP contribution in [0.4, 0.5) is 8.78 Å². The van der Waals surface area contributed by atoms with Gasteiger partial charge in [0, 0.05) is 4.88 Å².